The van der Waals surface area contributed by atoms with Crippen LogP contribution in [0.1, 0.15) is 36.4 Å². The molecule has 1 N–H and O–H groups in total. The largest absolute Gasteiger partial charge is 0.494 e. The highest BCUT2D eigenvalue weighted by Crippen LogP contribution is 2.33. The Kier molecular flexibility index (Phi) is 8.56. The van der Waals surface area contributed by atoms with Gasteiger partial charge in [-0.1, -0.05) is 25.5 Å². The molecule has 0 aliphatic carbocycles. The lowest BCUT2D eigenvalue weighted by molar-refractivity contribution is -0.138. The van der Waals surface area contributed by atoms with Gasteiger partial charge in [-0.2, -0.15) is 13.2 Å². The van der Waals surface area contributed by atoms with E-state index in [1.807, 2.05) is 38.1 Å². The molecule has 2 heterocycles. The molecule has 0 fully saturated rings. The van der Waals surface area contributed by atoms with Crippen LogP contribution in [-0.2, 0) is 23.9 Å². The fraction of sp³-hybridized carbons (Fsp3) is 0.308. The zero-order chi connectivity index (χ0) is 25.6. The van der Waals surface area contributed by atoms with Gasteiger partial charge in [-0.15, -0.1) is 11.3 Å². The highest BCUT2D eigenvalue weighted by atomic mass is 32.1. The summed E-state index contributed by atoms with van der Waals surface area (Å²) in [6.45, 7) is 6.62. The minimum Gasteiger partial charge on any atom is -0.494 e. The summed E-state index contributed by atoms with van der Waals surface area (Å²) in [6.07, 6.45) is -0.598. The van der Waals surface area contributed by atoms with E-state index in [1.54, 1.807) is 10.8 Å². The van der Waals surface area contributed by atoms with Crippen molar-refractivity contribution in [2.24, 2.45) is 0 Å². The molecule has 2 aromatic carbocycles. The Hall–Kier alpha value is -3.33. The van der Waals surface area contributed by atoms with Crippen LogP contribution >= 0.6 is 11.3 Å². The molecular formula is C26H27F3N2O3S. The van der Waals surface area contributed by atoms with E-state index in [1.165, 1.54) is 23.5 Å². The van der Waals surface area contributed by atoms with Gasteiger partial charge >= 0.3 is 12.1 Å². The van der Waals surface area contributed by atoms with Crippen LogP contribution in [0.2, 0.25) is 0 Å². The van der Waals surface area contributed by atoms with Crippen LogP contribution in [0.15, 0.2) is 54.7 Å². The second-order valence-electron chi connectivity index (χ2n) is 7.84. The second kappa shape index (κ2) is 11.4. The number of nitrogens with zero attached hydrogens (tertiary/aromatic N) is 2. The average molecular weight is 505 g/mol. The molecule has 186 valence electrons. The molecule has 4 rings (SSSR count). The predicted octanol–water partition coefficient (Wildman–Crippen LogP) is 7.21. The number of alkyl halides is 3. The standard InChI is InChI=1S/C14H14F3NS.C12H13NO3/c1-3-4-12-9(2)19-13(18-12)10-5-7-11(8-6-10)14(15,16)17;1-2-16-10-3-4-11-9(7-10)5-6-13(11)8-12(14)15/h5-8H,3-4H2,1-2H3;3-7H,2,8H2,1H3,(H,14,15). The van der Waals surface area contributed by atoms with E-state index in [2.05, 4.69) is 11.9 Å². The van der Waals surface area contributed by atoms with Crippen LogP contribution in [0.5, 0.6) is 5.75 Å². The van der Waals surface area contributed by atoms with Gasteiger partial charge in [0.15, 0.2) is 0 Å². The Morgan fingerprint density at radius 1 is 1.11 bits per heavy atom. The number of hydrogen-bond acceptors (Lipinski definition) is 4. The Morgan fingerprint density at radius 3 is 2.43 bits per heavy atom. The maximum atomic E-state index is 12.5. The van der Waals surface area contributed by atoms with Crippen LogP contribution < -0.4 is 4.74 Å². The number of hydrogen-bond donors (Lipinski definition) is 1. The molecule has 0 saturated carbocycles. The molecular weight excluding hydrogens is 477 g/mol. The van der Waals surface area contributed by atoms with Crippen molar-refractivity contribution >= 4 is 28.2 Å². The number of thiazole rings is 1. The summed E-state index contributed by atoms with van der Waals surface area (Å²) in [5.41, 5.74) is 2.06. The fourth-order valence-corrected chi connectivity index (χ4v) is 4.51. The number of fused-ring (bicyclic) bond motifs is 1. The molecule has 0 unspecified atom stereocenters. The summed E-state index contributed by atoms with van der Waals surface area (Å²) in [5.74, 6) is -0.0329. The van der Waals surface area contributed by atoms with Crippen LogP contribution in [0.4, 0.5) is 13.2 Å². The molecule has 9 heteroatoms. The molecule has 0 radical (unpaired) electrons. The molecule has 0 saturated heterocycles. The number of benzene rings is 2. The minimum absolute atomic E-state index is 0.0164. The molecule has 0 bridgehead atoms. The number of halogens is 3. The van der Waals surface area contributed by atoms with E-state index < -0.39 is 17.7 Å². The van der Waals surface area contributed by atoms with E-state index in [9.17, 15) is 18.0 Å². The van der Waals surface area contributed by atoms with E-state index >= 15 is 0 Å². The topological polar surface area (TPSA) is 64.4 Å². The number of carboxylic acids is 1. The number of aromatic nitrogens is 2. The number of aliphatic carboxylic acids is 1. The molecule has 4 aromatic rings. The van der Waals surface area contributed by atoms with Gasteiger partial charge in [-0.25, -0.2) is 4.98 Å². The summed E-state index contributed by atoms with van der Waals surface area (Å²) in [7, 11) is 0. The smallest absolute Gasteiger partial charge is 0.416 e. The van der Waals surface area contributed by atoms with Crippen molar-refractivity contribution in [1.29, 1.82) is 0 Å². The van der Waals surface area contributed by atoms with Gasteiger partial charge in [0.2, 0.25) is 0 Å². The summed E-state index contributed by atoms with van der Waals surface area (Å²) < 4.78 is 44.5. The highest BCUT2D eigenvalue weighted by Gasteiger charge is 2.30. The number of carboxylic acid groups (broad SMARTS) is 1. The maximum Gasteiger partial charge on any atom is 0.416 e. The molecule has 0 spiro atoms. The van der Waals surface area contributed by atoms with Crippen molar-refractivity contribution in [2.45, 2.75) is 46.3 Å². The normalized spacial score (nSPS) is 11.3. The fourth-order valence-electron chi connectivity index (χ4n) is 3.54. The first-order valence-corrected chi connectivity index (χ1v) is 12.0. The van der Waals surface area contributed by atoms with E-state index in [-0.39, 0.29) is 6.54 Å². The first-order valence-electron chi connectivity index (χ1n) is 11.2. The Morgan fingerprint density at radius 2 is 1.83 bits per heavy atom. The van der Waals surface area contributed by atoms with Crippen LogP contribution in [0, 0.1) is 6.92 Å². The molecule has 35 heavy (non-hydrogen) atoms. The van der Waals surface area contributed by atoms with E-state index in [4.69, 9.17) is 9.84 Å². The summed E-state index contributed by atoms with van der Waals surface area (Å²) in [4.78, 5) is 16.3. The Bertz CT molecular complexity index is 1280. The summed E-state index contributed by atoms with van der Waals surface area (Å²) in [6, 6.07) is 12.7. The third kappa shape index (κ3) is 6.85. The average Bonchev–Trinajstić information content (AvgIpc) is 3.37. The van der Waals surface area contributed by atoms with Crippen molar-refractivity contribution in [3.8, 4) is 16.3 Å². The first kappa shape index (κ1) is 26.3. The van der Waals surface area contributed by atoms with Gasteiger partial charge < -0.3 is 14.4 Å². The maximum absolute atomic E-state index is 12.5. The number of ether oxygens (including phenoxy) is 1. The molecule has 5 nitrogen and oxygen atoms in total. The summed E-state index contributed by atoms with van der Waals surface area (Å²) >= 11 is 1.53. The van der Waals surface area contributed by atoms with Crippen molar-refractivity contribution in [1.82, 2.24) is 9.55 Å². The number of aryl methyl sites for hydroxylation is 2. The van der Waals surface area contributed by atoms with E-state index in [0.717, 1.165) is 62.8 Å². The van der Waals surface area contributed by atoms with Crippen LogP contribution in [0.25, 0.3) is 21.5 Å². The zero-order valence-electron chi connectivity index (χ0n) is 19.7. The molecule has 0 aliphatic rings. The zero-order valence-corrected chi connectivity index (χ0v) is 20.5. The highest BCUT2D eigenvalue weighted by molar-refractivity contribution is 7.15. The van der Waals surface area contributed by atoms with Crippen LogP contribution in [-0.4, -0.2) is 27.2 Å². The predicted molar refractivity (Wildman–Crippen MR) is 132 cm³/mol. The van der Waals surface area contributed by atoms with Gasteiger partial charge in [0, 0.05) is 27.5 Å². The van der Waals surface area contributed by atoms with Crippen LogP contribution in [0.3, 0.4) is 0 Å². The van der Waals surface area contributed by atoms with Gasteiger partial charge in [-0.05, 0) is 56.7 Å². The molecule has 0 atom stereocenters. The summed E-state index contributed by atoms with van der Waals surface area (Å²) in [5, 5.41) is 10.5. The third-order valence-electron chi connectivity index (χ3n) is 5.20. The number of rotatable bonds is 7. The Labute approximate surface area is 205 Å². The lowest BCUT2D eigenvalue weighted by Crippen LogP contribution is -2.07. The second-order valence-corrected chi connectivity index (χ2v) is 9.04. The van der Waals surface area contributed by atoms with E-state index in [0.29, 0.717) is 6.61 Å². The van der Waals surface area contributed by atoms with Crippen molar-refractivity contribution in [3.63, 3.8) is 0 Å². The van der Waals surface area contributed by atoms with Crippen molar-refractivity contribution in [2.75, 3.05) is 6.61 Å². The lowest BCUT2D eigenvalue weighted by Gasteiger charge is -2.06. The van der Waals surface area contributed by atoms with Crippen molar-refractivity contribution in [3.05, 3.63) is 70.9 Å². The first-order chi connectivity index (χ1) is 16.6. The van der Waals surface area contributed by atoms with Gasteiger partial charge in [0.1, 0.15) is 17.3 Å². The molecule has 0 amide bonds. The van der Waals surface area contributed by atoms with Crippen molar-refractivity contribution < 1.29 is 27.8 Å². The monoisotopic (exact) mass is 504 g/mol. The minimum atomic E-state index is -4.29. The van der Waals surface area contributed by atoms with Gasteiger partial charge in [0.25, 0.3) is 0 Å². The third-order valence-corrected chi connectivity index (χ3v) is 6.26. The Balaban J connectivity index is 0.000000198. The number of carbonyl (C=O) groups is 1. The van der Waals surface area contributed by atoms with Gasteiger partial charge in [0.05, 0.1) is 17.9 Å². The molecule has 2 aromatic heterocycles. The quantitative estimate of drug-likeness (QED) is 0.289. The van der Waals surface area contributed by atoms with Gasteiger partial charge in [-0.3, -0.25) is 4.79 Å². The molecule has 0 aliphatic heterocycles. The SMILES string of the molecule is CCCc1nc(-c2ccc(C(F)(F)F)cc2)sc1C.CCOc1ccc2c(ccn2CC(=O)O)c1. The lowest BCUT2D eigenvalue weighted by atomic mass is 10.1.